The van der Waals surface area contributed by atoms with Crippen LogP contribution >= 0.6 is 11.3 Å². The molecule has 15 heavy (non-hydrogen) atoms. The van der Waals surface area contributed by atoms with Gasteiger partial charge in [-0.1, -0.05) is 12.1 Å². The summed E-state index contributed by atoms with van der Waals surface area (Å²) in [4.78, 5) is 14.5. The van der Waals surface area contributed by atoms with Crippen molar-refractivity contribution in [3.8, 4) is 0 Å². The van der Waals surface area contributed by atoms with Crippen molar-refractivity contribution in [1.29, 1.82) is 0 Å². The molecule has 76 valence electrons. The van der Waals surface area contributed by atoms with Gasteiger partial charge in [0.05, 0.1) is 5.01 Å². The number of hydrogen-bond donors (Lipinski definition) is 0. The maximum absolute atomic E-state index is 12.6. The summed E-state index contributed by atoms with van der Waals surface area (Å²) in [6, 6.07) is 6.28. The minimum Gasteiger partial charge on any atom is -0.296 e. The van der Waals surface area contributed by atoms with Crippen LogP contribution in [0, 0.1) is 5.82 Å². The molecule has 1 heterocycles. The first-order valence-electron chi connectivity index (χ1n) is 4.42. The van der Waals surface area contributed by atoms with Crippen molar-refractivity contribution in [3.05, 3.63) is 51.7 Å². The zero-order valence-electron chi connectivity index (χ0n) is 7.81. The molecule has 1 aromatic heterocycles. The van der Waals surface area contributed by atoms with Crippen molar-refractivity contribution >= 4 is 17.6 Å². The summed E-state index contributed by atoms with van der Waals surface area (Å²) >= 11 is 1.44. The number of aldehydes is 1. The van der Waals surface area contributed by atoms with Gasteiger partial charge in [0.25, 0.3) is 0 Å². The first kappa shape index (κ1) is 9.98. The monoisotopic (exact) mass is 221 g/mol. The molecule has 0 aliphatic rings. The summed E-state index contributed by atoms with van der Waals surface area (Å²) in [6.45, 7) is 0. The predicted molar refractivity (Wildman–Crippen MR) is 56.7 cm³/mol. The van der Waals surface area contributed by atoms with Crippen LogP contribution in [0.2, 0.25) is 0 Å². The van der Waals surface area contributed by atoms with E-state index in [0.29, 0.717) is 12.1 Å². The van der Waals surface area contributed by atoms with Crippen LogP contribution in [0.5, 0.6) is 0 Å². The van der Waals surface area contributed by atoms with Gasteiger partial charge in [0, 0.05) is 11.8 Å². The van der Waals surface area contributed by atoms with E-state index in [1.165, 1.54) is 23.5 Å². The Morgan fingerprint density at radius 1 is 1.33 bits per heavy atom. The average Bonchev–Trinajstić information content (AvgIpc) is 2.69. The standard InChI is InChI=1S/C11H8FNOS/c12-9-3-1-8(2-4-9)5-11-13-10(6-14)7-15-11/h1-4,6-7H,5H2. The zero-order chi connectivity index (χ0) is 10.7. The molecule has 2 aromatic rings. The maximum atomic E-state index is 12.6. The van der Waals surface area contributed by atoms with Crippen LogP contribution in [0.1, 0.15) is 21.1 Å². The Balaban J connectivity index is 2.14. The number of aromatic nitrogens is 1. The molecule has 0 saturated heterocycles. The molecule has 0 aliphatic carbocycles. The Kier molecular flexibility index (Phi) is 2.87. The summed E-state index contributed by atoms with van der Waals surface area (Å²) < 4.78 is 12.6. The quantitative estimate of drug-likeness (QED) is 0.746. The van der Waals surface area contributed by atoms with E-state index in [1.54, 1.807) is 17.5 Å². The summed E-state index contributed by atoms with van der Waals surface area (Å²) in [6.07, 6.45) is 1.36. The lowest BCUT2D eigenvalue weighted by atomic mass is 10.1. The molecule has 0 spiro atoms. The molecule has 0 radical (unpaired) electrons. The largest absolute Gasteiger partial charge is 0.296 e. The number of hydrogen-bond acceptors (Lipinski definition) is 3. The average molecular weight is 221 g/mol. The lowest BCUT2D eigenvalue weighted by Crippen LogP contribution is -1.88. The minimum atomic E-state index is -0.244. The third-order valence-corrected chi connectivity index (χ3v) is 2.83. The topological polar surface area (TPSA) is 30.0 Å². The number of carbonyl (C=O) groups is 1. The number of nitrogens with zero attached hydrogens (tertiary/aromatic N) is 1. The van der Waals surface area contributed by atoms with E-state index in [1.807, 2.05) is 0 Å². The van der Waals surface area contributed by atoms with E-state index in [4.69, 9.17) is 0 Å². The SMILES string of the molecule is O=Cc1csc(Cc2ccc(F)cc2)n1. The summed E-state index contributed by atoms with van der Waals surface area (Å²) in [5.41, 5.74) is 1.44. The van der Waals surface area contributed by atoms with E-state index in [0.717, 1.165) is 16.9 Å². The fourth-order valence-corrected chi connectivity index (χ4v) is 2.01. The van der Waals surface area contributed by atoms with Crippen molar-refractivity contribution in [1.82, 2.24) is 4.98 Å². The Morgan fingerprint density at radius 3 is 2.67 bits per heavy atom. The van der Waals surface area contributed by atoms with Crippen molar-refractivity contribution in [2.75, 3.05) is 0 Å². The van der Waals surface area contributed by atoms with E-state index in [-0.39, 0.29) is 5.82 Å². The molecule has 4 heteroatoms. The smallest absolute Gasteiger partial charge is 0.169 e. The van der Waals surface area contributed by atoms with Gasteiger partial charge in [-0.15, -0.1) is 11.3 Å². The molecule has 0 bridgehead atoms. The minimum absolute atomic E-state index is 0.244. The van der Waals surface area contributed by atoms with Crippen molar-refractivity contribution in [2.24, 2.45) is 0 Å². The highest BCUT2D eigenvalue weighted by Crippen LogP contribution is 2.14. The van der Waals surface area contributed by atoms with Crippen LogP contribution in [-0.4, -0.2) is 11.3 Å². The van der Waals surface area contributed by atoms with E-state index in [2.05, 4.69) is 4.98 Å². The number of thiazole rings is 1. The number of carbonyl (C=O) groups excluding carboxylic acids is 1. The van der Waals surface area contributed by atoms with Gasteiger partial charge in [-0.3, -0.25) is 4.79 Å². The van der Waals surface area contributed by atoms with Crippen LogP contribution in [0.3, 0.4) is 0 Å². The molecular weight excluding hydrogens is 213 g/mol. The van der Waals surface area contributed by atoms with Gasteiger partial charge >= 0.3 is 0 Å². The van der Waals surface area contributed by atoms with Gasteiger partial charge in [0.15, 0.2) is 6.29 Å². The first-order chi connectivity index (χ1) is 7.28. The van der Waals surface area contributed by atoms with Crippen LogP contribution in [0.25, 0.3) is 0 Å². The van der Waals surface area contributed by atoms with E-state index >= 15 is 0 Å². The molecule has 0 amide bonds. The molecule has 0 aliphatic heterocycles. The lowest BCUT2D eigenvalue weighted by Gasteiger charge is -1.96. The van der Waals surface area contributed by atoms with Gasteiger partial charge in [-0.05, 0) is 17.7 Å². The summed E-state index contributed by atoms with van der Waals surface area (Å²) in [7, 11) is 0. The lowest BCUT2D eigenvalue weighted by molar-refractivity contribution is 0.111. The van der Waals surface area contributed by atoms with Gasteiger partial charge < -0.3 is 0 Å². The molecule has 2 nitrogen and oxygen atoms in total. The van der Waals surface area contributed by atoms with Crippen molar-refractivity contribution in [3.63, 3.8) is 0 Å². The Bertz CT molecular complexity index is 464. The Hall–Kier alpha value is -1.55. The molecular formula is C11H8FNOS. The van der Waals surface area contributed by atoms with E-state index in [9.17, 15) is 9.18 Å². The molecule has 0 fully saturated rings. The highest BCUT2D eigenvalue weighted by Gasteiger charge is 2.02. The zero-order valence-corrected chi connectivity index (χ0v) is 8.63. The second-order valence-corrected chi connectivity index (χ2v) is 4.03. The molecule has 0 saturated carbocycles. The fourth-order valence-electron chi connectivity index (χ4n) is 1.24. The Labute approximate surface area is 90.4 Å². The van der Waals surface area contributed by atoms with E-state index < -0.39 is 0 Å². The molecule has 2 rings (SSSR count). The highest BCUT2D eigenvalue weighted by atomic mass is 32.1. The number of rotatable bonds is 3. The first-order valence-corrected chi connectivity index (χ1v) is 5.30. The van der Waals surface area contributed by atoms with Gasteiger partial charge in [-0.25, -0.2) is 9.37 Å². The van der Waals surface area contributed by atoms with Gasteiger partial charge in [-0.2, -0.15) is 0 Å². The van der Waals surface area contributed by atoms with Crippen molar-refractivity contribution in [2.45, 2.75) is 6.42 Å². The second-order valence-electron chi connectivity index (χ2n) is 3.09. The molecule has 1 aromatic carbocycles. The van der Waals surface area contributed by atoms with Crippen LogP contribution < -0.4 is 0 Å². The summed E-state index contributed by atoms with van der Waals surface area (Å²) in [5.74, 6) is -0.244. The normalized spacial score (nSPS) is 10.2. The molecule has 0 unspecified atom stereocenters. The summed E-state index contributed by atoms with van der Waals surface area (Å²) in [5, 5.41) is 2.58. The fraction of sp³-hybridized carbons (Fsp3) is 0.0909. The number of halogens is 1. The van der Waals surface area contributed by atoms with Gasteiger partial charge in [0.1, 0.15) is 11.5 Å². The predicted octanol–water partition coefficient (Wildman–Crippen LogP) is 2.69. The van der Waals surface area contributed by atoms with Gasteiger partial charge in [0.2, 0.25) is 0 Å². The third-order valence-electron chi connectivity index (χ3n) is 1.96. The van der Waals surface area contributed by atoms with Crippen LogP contribution in [0.15, 0.2) is 29.6 Å². The third kappa shape index (κ3) is 2.47. The molecule has 0 N–H and O–H groups in total. The second kappa shape index (κ2) is 4.31. The van der Waals surface area contributed by atoms with Crippen molar-refractivity contribution < 1.29 is 9.18 Å². The van der Waals surface area contributed by atoms with Crippen LogP contribution in [0.4, 0.5) is 4.39 Å². The number of benzene rings is 1. The maximum Gasteiger partial charge on any atom is 0.169 e. The molecule has 0 atom stereocenters. The highest BCUT2D eigenvalue weighted by molar-refractivity contribution is 7.09. The van der Waals surface area contributed by atoms with Crippen LogP contribution in [-0.2, 0) is 6.42 Å². The Morgan fingerprint density at radius 2 is 2.07 bits per heavy atom.